The van der Waals surface area contributed by atoms with Crippen LogP contribution in [0.4, 0.5) is 0 Å². The maximum atomic E-state index is 12.6. The molecule has 0 radical (unpaired) electrons. The van der Waals surface area contributed by atoms with E-state index in [1.54, 1.807) is 27.9 Å². The molecule has 0 aromatic heterocycles. The Balaban J connectivity index is 2.13. The molecular formula is C21H27ClN2O4S. The number of halogens is 1. The first-order valence-corrected chi connectivity index (χ1v) is 11.0. The molecule has 2 aromatic carbocycles. The zero-order valence-electron chi connectivity index (χ0n) is 17.3. The maximum Gasteiger partial charge on any atom is 0.251 e. The van der Waals surface area contributed by atoms with Crippen molar-refractivity contribution in [2.75, 3.05) is 13.7 Å². The van der Waals surface area contributed by atoms with Gasteiger partial charge in [0.2, 0.25) is 10.0 Å². The van der Waals surface area contributed by atoms with Gasteiger partial charge in [-0.15, -0.1) is 0 Å². The lowest BCUT2D eigenvalue weighted by molar-refractivity contribution is 0.0954. The van der Waals surface area contributed by atoms with Gasteiger partial charge in [0, 0.05) is 17.6 Å². The minimum Gasteiger partial charge on any atom is -0.496 e. The summed E-state index contributed by atoms with van der Waals surface area (Å²) >= 11 is 6.08. The summed E-state index contributed by atoms with van der Waals surface area (Å²) in [6.45, 7) is 7.56. The molecule has 0 saturated carbocycles. The van der Waals surface area contributed by atoms with Crippen LogP contribution in [0.3, 0.4) is 0 Å². The molecule has 0 aliphatic rings. The standard InChI is InChI=1S/C21H27ClN2O4S/c1-14-6-9-18(28-5)15(12-14)10-11-23-20(25)16-7-8-17(22)19(13-16)29(26,27)24-21(2,3)4/h6-9,12-13,24H,10-11H2,1-5H3,(H,23,25). The Hall–Kier alpha value is -2.09. The van der Waals surface area contributed by atoms with Crippen molar-refractivity contribution in [1.29, 1.82) is 0 Å². The highest BCUT2D eigenvalue weighted by Crippen LogP contribution is 2.24. The quantitative estimate of drug-likeness (QED) is 0.690. The third-order valence-corrected chi connectivity index (χ3v) is 6.28. The average Bonchev–Trinajstić information content (AvgIpc) is 2.60. The van der Waals surface area contributed by atoms with Gasteiger partial charge in [0.05, 0.1) is 12.1 Å². The lowest BCUT2D eigenvalue weighted by Gasteiger charge is -2.21. The van der Waals surface area contributed by atoms with Crippen LogP contribution in [0.15, 0.2) is 41.3 Å². The first kappa shape index (κ1) is 23.2. The second-order valence-corrected chi connectivity index (χ2v) is 9.88. The molecule has 1 amide bonds. The lowest BCUT2D eigenvalue weighted by Crippen LogP contribution is -2.40. The minimum atomic E-state index is -3.86. The highest BCUT2D eigenvalue weighted by Gasteiger charge is 2.25. The normalized spacial score (nSPS) is 11.9. The van der Waals surface area contributed by atoms with Crippen LogP contribution in [0.2, 0.25) is 5.02 Å². The zero-order chi connectivity index (χ0) is 21.8. The van der Waals surface area contributed by atoms with Crippen LogP contribution in [0, 0.1) is 6.92 Å². The molecule has 0 spiro atoms. The predicted octanol–water partition coefficient (Wildman–Crippen LogP) is 3.71. The summed E-state index contributed by atoms with van der Waals surface area (Å²) in [6, 6.07) is 10.1. The number of amides is 1. The minimum absolute atomic E-state index is 0.0581. The fraction of sp³-hybridized carbons (Fsp3) is 0.381. The second kappa shape index (κ2) is 9.15. The number of nitrogens with one attached hydrogen (secondary N) is 2. The number of aryl methyl sites for hydroxylation is 1. The number of sulfonamides is 1. The first-order chi connectivity index (χ1) is 13.4. The summed E-state index contributed by atoms with van der Waals surface area (Å²) in [5.74, 6) is 0.387. The van der Waals surface area contributed by atoms with E-state index in [1.165, 1.54) is 18.2 Å². The Morgan fingerprint density at radius 1 is 1.14 bits per heavy atom. The molecule has 8 heteroatoms. The summed E-state index contributed by atoms with van der Waals surface area (Å²) < 4.78 is 33.1. The number of rotatable bonds is 7. The van der Waals surface area contributed by atoms with E-state index in [4.69, 9.17) is 16.3 Å². The van der Waals surface area contributed by atoms with Crippen LogP contribution in [-0.4, -0.2) is 33.5 Å². The van der Waals surface area contributed by atoms with Gasteiger partial charge < -0.3 is 10.1 Å². The molecule has 0 aliphatic carbocycles. The number of methoxy groups -OCH3 is 1. The Morgan fingerprint density at radius 3 is 2.45 bits per heavy atom. The number of hydrogen-bond donors (Lipinski definition) is 2. The number of ether oxygens (including phenoxy) is 1. The SMILES string of the molecule is COc1ccc(C)cc1CCNC(=O)c1ccc(Cl)c(S(=O)(=O)NC(C)(C)C)c1. The highest BCUT2D eigenvalue weighted by atomic mass is 35.5. The molecule has 2 rings (SSSR count). The average molecular weight is 439 g/mol. The van der Waals surface area contributed by atoms with E-state index in [2.05, 4.69) is 10.0 Å². The van der Waals surface area contributed by atoms with E-state index < -0.39 is 15.6 Å². The third kappa shape index (κ3) is 6.45. The molecular weight excluding hydrogens is 412 g/mol. The van der Waals surface area contributed by atoms with Crippen LogP contribution in [0.5, 0.6) is 5.75 Å². The summed E-state index contributed by atoms with van der Waals surface area (Å²) in [4.78, 5) is 12.4. The Morgan fingerprint density at radius 2 is 1.83 bits per heavy atom. The van der Waals surface area contributed by atoms with Gasteiger partial charge in [-0.05, 0) is 63.9 Å². The van der Waals surface area contributed by atoms with E-state index in [1.807, 2.05) is 25.1 Å². The molecule has 0 fully saturated rings. The molecule has 2 aromatic rings. The second-order valence-electron chi connectivity index (χ2n) is 7.82. The number of carbonyl (C=O) groups excluding carboxylic acids is 1. The molecule has 0 heterocycles. The van der Waals surface area contributed by atoms with Gasteiger partial charge in [-0.2, -0.15) is 0 Å². The van der Waals surface area contributed by atoms with E-state index in [9.17, 15) is 13.2 Å². The van der Waals surface area contributed by atoms with Crippen LogP contribution in [0.25, 0.3) is 0 Å². The molecule has 0 bridgehead atoms. The number of carbonyl (C=O) groups is 1. The first-order valence-electron chi connectivity index (χ1n) is 9.18. The highest BCUT2D eigenvalue weighted by molar-refractivity contribution is 7.89. The molecule has 2 N–H and O–H groups in total. The summed E-state index contributed by atoms with van der Waals surface area (Å²) in [5.41, 5.74) is 1.64. The largest absolute Gasteiger partial charge is 0.496 e. The van der Waals surface area contributed by atoms with Crippen molar-refractivity contribution < 1.29 is 17.9 Å². The van der Waals surface area contributed by atoms with Gasteiger partial charge >= 0.3 is 0 Å². The molecule has 0 atom stereocenters. The Labute approximate surface area is 177 Å². The zero-order valence-corrected chi connectivity index (χ0v) is 18.9. The summed E-state index contributed by atoms with van der Waals surface area (Å²) in [6.07, 6.45) is 0.584. The van der Waals surface area contributed by atoms with Gasteiger partial charge in [0.15, 0.2) is 0 Å². The molecule has 158 valence electrons. The smallest absolute Gasteiger partial charge is 0.251 e. The van der Waals surface area contributed by atoms with E-state index in [-0.39, 0.29) is 21.4 Å². The Kier molecular flexibility index (Phi) is 7.32. The van der Waals surface area contributed by atoms with Gasteiger partial charge in [-0.3, -0.25) is 4.79 Å². The molecule has 0 unspecified atom stereocenters. The predicted molar refractivity (Wildman–Crippen MR) is 115 cm³/mol. The van der Waals surface area contributed by atoms with Crippen LogP contribution in [-0.2, 0) is 16.4 Å². The van der Waals surface area contributed by atoms with Crippen molar-refractivity contribution >= 4 is 27.5 Å². The van der Waals surface area contributed by atoms with Crippen molar-refractivity contribution in [3.63, 3.8) is 0 Å². The van der Waals surface area contributed by atoms with Crippen molar-refractivity contribution in [1.82, 2.24) is 10.0 Å². The van der Waals surface area contributed by atoms with Gasteiger partial charge in [0.25, 0.3) is 5.91 Å². The van der Waals surface area contributed by atoms with E-state index in [0.717, 1.165) is 16.9 Å². The van der Waals surface area contributed by atoms with E-state index in [0.29, 0.717) is 13.0 Å². The number of benzene rings is 2. The monoisotopic (exact) mass is 438 g/mol. The van der Waals surface area contributed by atoms with Crippen LogP contribution >= 0.6 is 11.6 Å². The summed E-state index contributed by atoms with van der Waals surface area (Å²) in [5, 5.41) is 2.87. The van der Waals surface area contributed by atoms with Crippen molar-refractivity contribution in [2.24, 2.45) is 0 Å². The number of hydrogen-bond acceptors (Lipinski definition) is 4. The van der Waals surface area contributed by atoms with Crippen molar-refractivity contribution in [3.05, 3.63) is 58.1 Å². The van der Waals surface area contributed by atoms with Crippen molar-refractivity contribution in [3.8, 4) is 5.75 Å². The van der Waals surface area contributed by atoms with Crippen LogP contribution in [0.1, 0.15) is 42.3 Å². The molecule has 0 saturated heterocycles. The fourth-order valence-electron chi connectivity index (χ4n) is 2.82. The summed E-state index contributed by atoms with van der Waals surface area (Å²) in [7, 11) is -2.26. The van der Waals surface area contributed by atoms with E-state index >= 15 is 0 Å². The fourth-order valence-corrected chi connectivity index (χ4v) is 4.77. The molecule has 6 nitrogen and oxygen atoms in total. The van der Waals surface area contributed by atoms with Gasteiger partial charge in [-0.25, -0.2) is 13.1 Å². The Bertz CT molecular complexity index is 998. The molecule has 29 heavy (non-hydrogen) atoms. The van der Waals surface area contributed by atoms with Crippen molar-refractivity contribution in [2.45, 2.75) is 44.6 Å². The van der Waals surface area contributed by atoms with Gasteiger partial charge in [0.1, 0.15) is 10.6 Å². The van der Waals surface area contributed by atoms with Gasteiger partial charge in [-0.1, -0.05) is 29.3 Å². The topological polar surface area (TPSA) is 84.5 Å². The van der Waals surface area contributed by atoms with Crippen LogP contribution < -0.4 is 14.8 Å². The maximum absolute atomic E-state index is 12.6. The molecule has 0 aliphatic heterocycles. The lowest BCUT2D eigenvalue weighted by atomic mass is 10.1. The third-order valence-electron chi connectivity index (χ3n) is 4.04.